The van der Waals surface area contributed by atoms with Gasteiger partial charge in [-0.05, 0) is 25.5 Å². The van der Waals surface area contributed by atoms with Crippen LogP contribution in [0.4, 0.5) is 0 Å². The van der Waals surface area contributed by atoms with E-state index in [4.69, 9.17) is 5.73 Å². The molecule has 0 saturated carbocycles. The van der Waals surface area contributed by atoms with Gasteiger partial charge >= 0.3 is 0 Å². The van der Waals surface area contributed by atoms with Gasteiger partial charge in [0.15, 0.2) is 0 Å². The zero-order chi connectivity index (χ0) is 12.0. The van der Waals surface area contributed by atoms with Crippen molar-refractivity contribution in [2.45, 2.75) is 25.4 Å². The van der Waals surface area contributed by atoms with Crippen LogP contribution in [0.3, 0.4) is 0 Å². The number of hydrogen-bond acceptors (Lipinski definition) is 3. The van der Waals surface area contributed by atoms with Crippen LogP contribution in [-0.4, -0.2) is 16.9 Å². The van der Waals surface area contributed by atoms with Gasteiger partial charge in [-0.25, -0.2) is 0 Å². The van der Waals surface area contributed by atoms with Crippen molar-refractivity contribution < 1.29 is 4.79 Å². The minimum absolute atomic E-state index is 0.135. The molecule has 16 heavy (non-hydrogen) atoms. The number of nitrogens with zero attached hydrogens (tertiary/aromatic N) is 1. The van der Waals surface area contributed by atoms with Crippen molar-refractivity contribution in [3.63, 3.8) is 0 Å². The lowest BCUT2D eigenvalue weighted by Crippen LogP contribution is -2.41. The Morgan fingerprint density at radius 3 is 3.00 bits per heavy atom. The summed E-state index contributed by atoms with van der Waals surface area (Å²) < 4.78 is 0. The molecular formula is C12H17N3O. The third-order valence-electron chi connectivity index (χ3n) is 2.25. The second-order valence-corrected chi connectivity index (χ2v) is 3.62. The molecule has 1 aromatic rings. The molecule has 0 bridgehead atoms. The van der Waals surface area contributed by atoms with Crippen molar-refractivity contribution >= 4 is 5.91 Å². The van der Waals surface area contributed by atoms with Gasteiger partial charge in [-0.3, -0.25) is 9.78 Å². The first kappa shape index (κ1) is 12.4. The Kier molecular flexibility index (Phi) is 4.66. The van der Waals surface area contributed by atoms with Gasteiger partial charge in [0, 0.05) is 6.20 Å². The molecular weight excluding hydrogens is 202 g/mol. The summed E-state index contributed by atoms with van der Waals surface area (Å²) in [5, 5.41) is 2.81. The van der Waals surface area contributed by atoms with Crippen LogP contribution in [0.15, 0.2) is 37.1 Å². The molecule has 2 atom stereocenters. The fourth-order valence-electron chi connectivity index (χ4n) is 1.31. The molecule has 1 amide bonds. The Balaban J connectivity index is 2.55. The van der Waals surface area contributed by atoms with Crippen LogP contribution in [0.5, 0.6) is 0 Å². The van der Waals surface area contributed by atoms with Crippen LogP contribution in [0, 0.1) is 0 Å². The SMILES string of the molecule is C=CCC(N)C(=O)N[C@@H](C)c1ccccn1. The van der Waals surface area contributed by atoms with Gasteiger partial charge < -0.3 is 11.1 Å². The second-order valence-electron chi connectivity index (χ2n) is 3.62. The Hall–Kier alpha value is -1.68. The van der Waals surface area contributed by atoms with E-state index in [0.29, 0.717) is 6.42 Å². The molecule has 0 spiro atoms. The molecule has 86 valence electrons. The molecule has 1 unspecified atom stereocenters. The number of carbonyl (C=O) groups excluding carboxylic acids is 1. The fourth-order valence-corrected chi connectivity index (χ4v) is 1.31. The van der Waals surface area contributed by atoms with Crippen molar-refractivity contribution in [2.75, 3.05) is 0 Å². The van der Waals surface area contributed by atoms with E-state index in [1.54, 1.807) is 12.3 Å². The van der Waals surface area contributed by atoms with Crippen LogP contribution in [0.2, 0.25) is 0 Å². The molecule has 1 aromatic heterocycles. The normalized spacial score (nSPS) is 13.9. The van der Waals surface area contributed by atoms with Crippen molar-refractivity contribution in [1.82, 2.24) is 10.3 Å². The van der Waals surface area contributed by atoms with Crippen LogP contribution in [-0.2, 0) is 4.79 Å². The highest BCUT2D eigenvalue weighted by Gasteiger charge is 2.15. The first-order valence-corrected chi connectivity index (χ1v) is 5.23. The third kappa shape index (κ3) is 3.47. The van der Waals surface area contributed by atoms with E-state index in [0.717, 1.165) is 5.69 Å². The molecule has 1 rings (SSSR count). The summed E-state index contributed by atoms with van der Waals surface area (Å²) in [6.07, 6.45) is 3.80. The zero-order valence-electron chi connectivity index (χ0n) is 9.39. The minimum atomic E-state index is -0.538. The van der Waals surface area contributed by atoms with E-state index < -0.39 is 6.04 Å². The number of rotatable bonds is 5. The van der Waals surface area contributed by atoms with Crippen molar-refractivity contribution in [3.8, 4) is 0 Å². The predicted molar refractivity (Wildman–Crippen MR) is 63.6 cm³/mol. The van der Waals surface area contributed by atoms with E-state index in [9.17, 15) is 4.79 Å². The van der Waals surface area contributed by atoms with Gasteiger partial charge in [-0.1, -0.05) is 12.1 Å². The van der Waals surface area contributed by atoms with Gasteiger partial charge in [-0.2, -0.15) is 0 Å². The number of pyridine rings is 1. The summed E-state index contributed by atoms with van der Waals surface area (Å²) in [5.41, 5.74) is 6.47. The number of nitrogens with two attached hydrogens (primary N) is 1. The second kappa shape index (κ2) is 6.02. The smallest absolute Gasteiger partial charge is 0.237 e. The van der Waals surface area contributed by atoms with Crippen LogP contribution < -0.4 is 11.1 Å². The molecule has 0 aliphatic heterocycles. The van der Waals surface area contributed by atoms with Gasteiger partial charge in [0.25, 0.3) is 0 Å². The summed E-state index contributed by atoms with van der Waals surface area (Å²) in [7, 11) is 0. The number of amides is 1. The molecule has 4 heteroatoms. The largest absolute Gasteiger partial charge is 0.347 e. The molecule has 0 aromatic carbocycles. The first-order valence-electron chi connectivity index (χ1n) is 5.23. The van der Waals surface area contributed by atoms with E-state index in [1.165, 1.54) is 0 Å². The Morgan fingerprint density at radius 2 is 2.44 bits per heavy atom. The lowest BCUT2D eigenvalue weighted by atomic mass is 10.1. The summed E-state index contributed by atoms with van der Waals surface area (Å²) in [5.74, 6) is -0.182. The molecule has 0 aliphatic rings. The summed E-state index contributed by atoms with van der Waals surface area (Å²) in [6.45, 7) is 5.42. The molecule has 0 fully saturated rings. The van der Waals surface area contributed by atoms with Crippen molar-refractivity contribution in [3.05, 3.63) is 42.7 Å². The van der Waals surface area contributed by atoms with Crippen molar-refractivity contribution in [1.29, 1.82) is 0 Å². The molecule has 0 aliphatic carbocycles. The van der Waals surface area contributed by atoms with Crippen LogP contribution in [0.1, 0.15) is 25.1 Å². The highest BCUT2D eigenvalue weighted by atomic mass is 16.2. The molecule has 1 heterocycles. The van der Waals surface area contributed by atoms with E-state index in [-0.39, 0.29) is 11.9 Å². The maximum atomic E-state index is 11.6. The highest BCUT2D eigenvalue weighted by Crippen LogP contribution is 2.07. The average Bonchev–Trinajstić information content (AvgIpc) is 2.30. The first-order chi connectivity index (χ1) is 7.65. The number of carbonyl (C=O) groups is 1. The molecule has 0 radical (unpaired) electrons. The minimum Gasteiger partial charge on any atom is -0.347 e. The van der Waals surface area contributed by atoms with Gasteiger partial charge in [-0.15, -0.1) is 6.58 Å². The summed E-state index contributed by atoms with van der Waals surface area (Å²) in [6, 6.07) is 4.91. The van der Waals surface area contributed by atoms with E-state index in [1.807, 2.05) is 25.1 Å². The third-order valence-corrected chi connectivity index (χ3v) is 2.25. The highest BCUT2D eigenvalue weighted by molar-refractivity contribution is 5.81. The van der Waals surface area contributed by atoms with Crippen molar-refractivity contribution in [2.24, 2.45) is 5.73 Å². The number of hydrogen-bond donors (Lipinski definition) is 2. The fraction of sp³-hybridized carbons (Fsp3) is 0.333. The molecule has 4 nitrogen and oxygen atoms in total. The Morgan fingerprint density at radius 1 is 1.69 bits per heavy atom. The zero-order valence-corrected chi connectivity index (χ0v) is 9.39. The lowest BCUT2D eigenvalue weighted by Gasteiger charge is -2.16. The quantitative estimate of drug-likeness (QED) is 0.730. The maximum absolute atomic E-state index is 11.6. The van der Waals surface area contributed by atoms with E-state index in [2.05, 4.69) is 16.9 Å². The molecule has 0 saturated heterocycles. The van der Waals surface area contributed by atoms with Crippen LogP contribution >= 0.6 is 0 Å². The van der Waals surface area contributed by atoms with Gasteiger partial charge in [0.2, 0.25) is 5.91 Å². The Bertz CT molecular complexity index is 351. The van der Waals surface area contributed by atoms with E-state index >= 15 is 0 Å². The topological polar surface area (TPSA) is 68.0 Å². The summed E-state index contributed by atoms with van der Waals surface area (Å²) >= 11 is 0. The standard InChI is InChI=1S/C12H17N3O/c1-3-6-10(13)12(16)15-9(2)11-7-4-5-8-14-11/h3-5,7-10H,1,6,13H2,2H3,(H,15,16)/t9-,10?/m0/s1. The Labute approximate surface area is 95.6 Å². The van der Waals surface area contributed by atoms with Crippen LogP contribution in [0.25, 0.3) is 0 Å². The monoisotopic (exact) mass is 219 g/mol. The maximum Gasteiger partial charge on any atom is 0.237 e. The van der Waals surface area contributed by atoms with Gasteiger partial charge in [0.05, 0.1) is 17.8 Å². The summed E-state index contributed by atoms with van der Waals surface area (Å²) in [4.78, 5) is 15.8. The van der Waals surface area contributed by atoms with Gasteiger partial charge in [0.1, 0.15) is 0 Å². The predicted octanol–water partition coefficient (Wildman–Crippen LogP) is 1.16. The number of aromatic nitrogens is 1. The number of nitrogens with one attached hydrogen (secondary N) is 1. The lowest BCUT2D eigenvalue weighted by molar-refractivity contribution is -0.122. The molecule has 3 N–H and O–H groups in total. The average molecular weight is 219 g/mol.